The molecular weight excluding hydrogens is 343 g/mol. The van der Waals surface area contributed by atoms with Crippen LogP contribution in [-0.4, -0.2) is 10.8 Å². The van der Waals surface area contributed by atoms with Crippen LogP contribution in [-0.2, 0) is 6.54 Å². The Bertz CT molecular complexity index is 706. The zero-order valence-corrected chi connectivity index (χ0v) is 12.3. The van der Waals surface area contributed by atoms with Crippen LogP contribution >= 0.6 is 15.9 Å². The summed E-state index contributed by atoms with van der Waals surface area (Å²) in [5.41, 5.74) is 0.0815. The lowest BCUT2D eigenvalue weighted by Crippen LogP contribution is -2.24. The summed E-state index contributed by atoms with van der Waals surface area (Å²) >= 11 is 3.33. The van der Waals surface area contributed by atoms with Crippen molar-refractivity contribution in [3.63, 3.8) is 0 Å². The number of carbonyl (C=O) groups excluding carboxylic acids is 1. The van der Waals surface area contributed by atoms with Gasteiger partial charge in [-0.3, -0.25) is 14.9 Å². The highest BCUT2D eigenvalue weighted by atomic mass is 79.9. The van der Waals surface area contributed by atoms with Gasteiger partial charge in [0.2, 0.25) is 0 Å². The number of hydrogen-bond donors (Lipinski definition) is 1. The minimum Gasteiger partial charge on any atom is -0.348 e. The molecule has 2 aromatic rings. The minimum atomic E-state index is -0.715. The molecule has 5 nitrogen and oxygen atoms in total. The van der Waals surface area contributed by atoms with Crippen LogP contribution in [0.2, 0.25) is 0 Å². The van der Waals surface area contributed by atoms with E-state index >= 15 is 0 Å². The molecule has 0 spiro atoms. The normalized spacial score (nSPS) is 10.2. The van der Waals surface area contributed by atoms with Crippen LogP contribution in [0, 0.1) is 15.9 Å². The van der Waals surface area contributed by atoms with Crippen LogP contribution in [0.5, 0.6) is 0 Å². The fourth-order valence-corrected chi connectivity index (χ4v) is 2.19. The molecule has 0 saturated carbocycles. The smallest absolute Gasteiger partial charge is 0.282 e. The molecule has 2 aromatic carbocycles. The van der Waals surface area contributed by atoms with Crippen molar-refractivity contribution in [1.82, 2.24) is 5.32 Å². The molecule has 0 fully saturated rings. The van der Waals surface area contributed by atoms with Gasteiger partial charge in [0.05, 0.1) is 4.92 Å². The number of nitrogens with zero attached hydrogens (tertiary/aromatic N) is 1. The van der Waals surface area contributed by atoms with Crippen molar-refractivity contribution < 1.29 is 14.1 Å². The Morgan fingerprint density at radius 1 is 1.29 bits per heavy atom. The van der Waals surface area contributed by atoms with E-state index in [-0.39, 0.29) is 12.1 Å². The van der Waals surface area contributed by atoms with Gasteiger partial charge in [0.15, 0.2) is 0 Å². The van der Waals surface area contributed by atoms with Gasteiger partial charge in [-0.2, -0.15) is 0 Å². The standard InChI is InChI=1S/C14H10BrFN2O3/c15-12-4-2-1-3-9(12)8-17-14(19)11-7-10(16)5-6-13(11)18(20)21/h1-7H,8H2,(H,17,19). The summed E-state index contributed by atoms with van der Waals surface area (Å²) in [6.45, 7) is 0.175. The van der Waals surface area contributed by atoms with E-state index in [0.29, 0.717) is 0 Å². The third-order valence-corrected chi connectivity index (χ3v) is 3.57. The second-order valence-corrected chi connectivity index (χ2v) is 5.05. The minimum absolute atomic E-state index is 0.175. The van der Waals surface area contributed by atoms with Gasteiger partial charge in [-0.1, -0.05) is 34.1 Å². The quantitative estimate of drug-likeness (QED) is 0.676. The van der Waals surface area contributed by atoms with Gasteiger partial charge in [0, 0.05) is 17.1 Å². The molecule has 0 aliphatic heterocycles. The summed E-state index contributed by atoms with van der Waals surface area (Å²) in [7, 11) is 0. The van der Waals surface area contributed by atoms with E-state index in [2.05, 4.69) is 21.2 Å². The molecule has 0 radical (unpaired) electrons. The van der Waals surface area contributed by atoms with E-state index in [0.717, 1.165) is 28.2 Å². The summed E-state index contributed by atoms with van der Waals surface area (Å²) in [4.78, 5) is 22.2. The highest BCUT2D eigenvalue weighted by molar-refractivity contribution is 9.10. The zero-order valence-electron chi connectivity index (χ0n) is 10.7. The highest BCUT2D eigenvalue weighted by Gasteiger charge is 2.20. The average molecular weight is 353 g/mol. The number of benzene rings is 2. The number of nitro benzene ring substituents is 1. The number of nitro groups is 1. The van der Waals surface area contributed by atoms with Crippen molar-refractivity contribution in [3.8, 4) is 0 Å². The van der Waals surface area contributed by atoms with Crippen molar-refractivity contribution >= 4 is 27.5 Å². The first-order chi connectivity index (χ1) is 9.99. The molecule has 0 aliphatic rings. The third kappa shape index (κ3) is 3.63. The monoisotopic (exact) mass is 352 g/mol. The summed E-state index contributed by atoms with van der Waals surface area (Å²) < 4.78 is 14.0. The summed E-state index contributed by atoms with van der Waals surface area (Å²) in [6.07, 6.45) is 0. The number of halogens is 2. The molecule has 0 heterocycles. The molecule has 0 aliphatic carbocycles. The Balaban J connectivity index is 2.19. The van der Waals surface area contributed by atoms with Crippen LogP contribution in [0.3, 0.4) is 0 Å². The molecular formula is C14H10BrFN2O3. The fraction of sp³-hybridized carbons (Fsp3) is 0.0714. The Labute approximate surface area is 128 Å². The predicted octanol–water partition coefficient (Wildman–Crippen LogP) is 3.43. The Hall–Kier alpha value is -2.28. The number of rotatable bonds is 4. The number of nitrogens with one attached hydrogen (secondary N) is 1. The van der Waals surface area contributed by atoms with E-state index < -0.39 is 22.3 Å². The van der Waals surface area contributed by atoms with Crippen LogP contribution in [0.1, 0.15) is 15.9 Å². The van der Waals surface area contributed by atoms with Crippen LogP contribution in [0.25, 0.3) is 0 Å². The van der Waals surface area contributed by atoms with Gasteiger partial charge in [0.1, 0.15) is 11.4 Å². The third-order valence-electron chi connectivity index (χ3n) is 2.80. The first kappa shape index (κ1) is 15.1. The largest absolute Gasteiger partial charge is 0.348 e. The van der Waals surface area contributed by atoms with E-state index in [1.807, 2.05) is 12.1 Å². The fourth-order valence-electron chi connectivity index (χ4n) is 1.76. The molecule has 108 valence electrons. The first-order valence-corrected chi connectivity index (χ1v) is 6.74. The molecule has 2 rings (SSSR count). The second kappa shape index (κ2) is 6.45. The highest BCUT2D eigenvalue weighted by Crippen LogP contribution is 2.20. The molecule has 21 heavy (non-hydrogen) atoms. The Kier molecular flexibility index (Phi) is 4.64. The van der Waals surface area contributed by atoms with Gasteiger partial charge in [0.25, 0.3) is 11.6 Å². The maximum atomic E-state index is 13.2. The van der Waals surface area contributed by atoms with E-state index in [1.165, 1.54) is 0 Å². The molecule has 1 amide bonds. The molecule has 0 bridgehead atoms. The van der Waals surface area contributed by atoms with Crippen LogP contribution in [0.15, 0.2) is 46.9 Å². The summed E-state index contributed by atoms with van der Waals surface area (Å²) in [6, 6.07) is 10.0. The van der Waals surface area contributed by atoms with Crippen molar-refractivity contribution in [2.45, 2.75) is 6.54 Å². The number of amides is 1. The van der Waals surface area contributed by atoms with Crippen molar-refractivity contribution in [2.75, 3.05) is 0 Å². The molecule has 0 aromatic heterocycles. The lowest BCUT2D eigenvalue weighted by molar-refractivity contribution is -0.385. The Morgan fingerprint density at radius 2 is 2.00 bits per heavy atom. The number of hydrogen-bond acceptors (Lipinski definition) is 3. The lowest BCUT2D eigenvalue weighted by atomic mass is 10.1. The van der Waals surface area contributed by atoms with Crippen molar-refractivity contribution in [2.24, 2.45) is 0 Å². The van der Waals surface area contributed by atoms with Crippen LogP contribution < -0.4 is 5.32 Å². The topological polar surface area (TPSA) is 72.2 Å². The van der Waals surface area contributed by atoms with E-state index in [1.54, 1.807) is 12.1 Å². The molecule has 0 saturated heterocycles. The maximum absolute atomic E-state index is 13.2. The van der Waals surface area contributed by atoms with Gasteiger partial charge < -0.3 is 5.32 Å². The lowest BCUT2D eigenvalue weighted by Gasteiger charge is -2.07. The molecule has 7 heteroatoms. The van der Waals surface area contributed by atoms with Gasteiger partial charge in [-0.05, 0) is 23.8 Å². The van der Waals surface area contributed by atoms with E-state index in [9.17, 15) is 19.3 Å². The van der Waals surface area contributed by atoms with E-state index in [4.69, 9.17) is 0 Å². The average Bonchev–Trinajstić information content (AvgIpc) is 2.45. The summed E-state index contributed by atoms with van der Waals surface area (Å²) in [5.74, 6) is -1.40. The number of carbonyl (C=O) groups is 1. The zero-order chi connectivity index (χ0) is 15.4. The Morgan fingerprint density at radius 3 is 2.67 bits per heavy atom. The maximum Gasteiger partial charge on any atom is 0.282 e. The van der Waals surface area contributed by atoms with Gasteiger partial charge >= 0.3 is 0 Å². The van der Waals surface area contributed by atoms with Crippen molar-refractivity contribution in [1.29, 1.82) is 0 Å². The van der Waals surface area contributed by atoms with Gasteiger partial charge in [-0.25, -0.2) is 4.39 Å². The summed E-state index contributed by atoms with van der Waals surface area (Å²) in [5, 5.41) is 13.4. The SMILES string of the molecule is O=C(NCc1ccccc1Br)c1cc(F)ccc1[N+](=O)[O-]. The first-order valence-electron chi connectivity index (χ1n) is 5.94. The van der Waals surface area contributed by atoms with Crippen LogP contribution in [0.4, 0.5) is 10.1 Å². The second-order valence-electron chi connectivity index (χ2n) is 4.19. The molecule has 0 atom stereocenters. The molecule has 0 unspecified atom stereocenters. The van der Waals surface area contributed by atoms with Gasteiger partial charge in [-0.15, -0.1) is 0 Å². The molecule has 1 N–H and O–H groups in total. The predicted molar refractivity (Wildman–Crippen MR) is 78.4 cm³/mol. The van der Waals surface area contributed by atoms with Crippen molar-refractivity contribution in [3.05, 3.63) is 74.0 Å².